The molecule has 4 heteroatoms. The van der Waals surface area contributed by atoms with Crippen LogP contribution in [-0.2, 0) is 4.79 Å². The summed E-state index contributed by atoms with van der Waals surface area (Å²) >= 11 is 0. The highest BCUT2D eigenvalue weighted by Crippen LogP contribution is 2.02. The van der Waals surface area contributed by atoms with Gasteiger partial charge in [-0.3, -0.25) is 4.79 Å². The van der Waals surface area contributed by atoms with Crippen LogP contribution in [0.15, 0.2) is 0 Å². The van der Waals surface area contributed by atoms with E-state index in [1.807, 2.05) is 13.8 Å². The molecule has 0 heterocycles. The molecule has 4 nitrogen and oxygen atoms in total. The fourth-order valence-corrected chi connectivity index (χ4v) is 0.880. The number of primary amides is 1. The Kier molecular flexibility index (Phi) is 5.66. The van der Waals surface area contributed by atoms with Crippen molar-refractivity contribution in [1.82, 2.24) is 5.32 Å². The summed E-state index contributed by atoms with van der Waals surface area (Å²) in [5.41, 5.74) is 10.6. The van der Waals surface area contributed by atoms with Crippen LogP contribution in [0.4, 0.5) is 0 Å². The highest BCUT2D eigenvalue weighted by atomic mass is 16.1. The maximum absolute atomic E-state index is 10.6. The predicted octanol–water partition coefficient (Wildman–Crippen LogP) is -0.218. The van der Waals surface area contributed by atoms with Gasteiger partial charge in [-0.15, -0.1) is 0 Å². The summed E-state index contributed by atoms with van der Waals surface area (Å²) < 4.78 is 0. The van der Waals surface area contributed by atoms with E-state index in [0.717, 1.165) is 19.4 Å². The molecule has 2 unspecified atom stereocenters. The molecule has 2 atom stereocenters. The smallest absolute Gasteiger partial charge is 0.220 e. The molecule has 0 aliphatic rings. The van der Waals surface area contributed by atoms with Crippen molar-refractivity contribution < 1.29 is 4.79 Å². The SMILES string of the molecule is CC(N)NCCCC(C)C(N)=O. The lowest BCUT2D eigenvalue weighted by atomic mass is 10.1. The van der Waals surface area contributed by atoms with E-state index in [2.05, 4.69) is 5.32 Å². The first-order valence-electron chi connectivity index (χ1n) is 4.32. The molecule has 0 fully saturated rings. The van der Waals surface area contributed by atoms with E-state index in [4.69, 9.17) is 11.5 Å². The van der Waals surface area contributed by atoms with Crippen LogP contribution in [0.5, 0.6) is 0 Å². The average Bonchev–Trinajstić information content (AvgIpc) is 1.97. The quantitative estimate of drug-likeness (QED) is 0.384. The average molecular weight is 173 g/mol. The molecule has 0 rings (SSSR count). The number of carbonyl (C=O) groups excluding carboxylic acids is 1. The van der Waals surface area contributed by atoms with E-state index in [1.54, 1.807) is 0 Å². The van der Waals surface area contributed by atoms with E-state index in [1.165, 1.54) is 0 Å². The van der Waals surface area contributed by atoms with Gasteiger partial charge in [-0.05, 0) is 26.3 Å². The van der Waals surface area contributed by atoms with Crippen LogP contribution in [0.2, 0.25) is 0 Å². The lowest BCUT2D eigenvalue weighted by molar-refractivity contribution is -0.121. The number of hydrogen-bond donors (Lipinski definition) is 3. The summed E-state index contributed by atoms with van der Waals surface area (Å²) in [5.74, 6) is -0.254. The number of nitrogens with two attached hydrogens (primary N) is 2. The Balaban J connectivity index is 3.25. The Bertz CT molecular complexity index is 136. The van der Waals surface area contributed by atoms with E-state index in [-0.39, 0.29) is 18.0 Å². The molecule has 0 bridgehead atoms. The molecule has 5 N–H and O–H groups in total. The first-order valence-corrected chi connectivity index (χ1v) is 4.32. The second-order valence-electron chi connectivity index (χ2n) is 3.19. The number of nitrogens with one attached hydrogen (secondary N) is 1. The Morgan fingerprint density at radius 2 is 2.08 bits per heavy atom. The summed E-state index contributed by atoms with van der Waals surface area (Å²) in [6.07, 6.45) is 1.79. The fraction of sp³-hybridized carbons (Fsp3) is 0.875. The fourth-order valence-electron chi connectivity index (χ4n) is 0.880. The van der Waals surface area contributed by atoms with Crippen molar-refractivity contribution in [3.8, 4) is 0 Å². The maximum atomic E-state index is 10.6. The molecule has 0 saturated heterocycles. The summed E-state index contributed by atoms with van der Waals surface area (Å²) in [7, 11) is 0. The first kappa shape index (κ1) is 11.4. The minimum Gasteiger partial charge on any atom is -0.369 e. The van der Waals surface area contributed by atoms with Gasteiger partial charge in [0, 0.05) is 5.92 Å². The number of rotatable bonds is 6. The topological polar surface area (TPSA) is 81.1 Å². The maximum Gasteiger partial charge on any atom is 0.220 e. The van der Waals surface area contributed by atoms with E-state index >= 15 is 0 Å². The molecular formula is C8H19N3O. The minimum absolute atomic E-state index is 0.0221. The molecule has 0 spiro atoms. The van der Waals surface area contributed by atoms with Crippen molar-refractivity contribution in [2.45, 2.75) is 32.9 Å². The van der Waals surface area contributed by atoms with Gasteiger partial charge < -0.3 is 16.8 Å². The van der Waals surface area contributed by atoms with Crippen LogP contribution in [0.3, 0.4) is 0 Å². The van der Waals surface area contributed by atoms with Gasteiger partial charge in [-0.2, -0.15) is 0 Å². The van der Waals surface area contributed by atoms with E-state index in [0.29, 0.717) is 0 Å². The molecule has 12 heavy (non-hydrogen) atoms. The Hall–Kier alpha value is -0.610. The van der Waals surface area contributed by atoms with Gasteiger partial charge in [0.25, 0.3) is 0 Å². The highest BCUT2D eigenvalue weighted by molar-refractivity contribution is 5.76. The first-order chi connectivity index (χ1) is 5.54. The van der Waals surface area contributed by atoms with Crippen LogP contribution in [0.1, 0.15) is 26.7 Å². The van der Waals surface area contributed by atoms with Gasteiger partial charge in [-0.1, -0.05) is 6.92 Å². The Morgan fingerprint density at radius 1 is 1.50 bits per heavy atom. The highest BCUT2D eigenvalue weighted by Gasteiger charge is 2.07. The van der Waals surface area contributed by atoms with Gasteiger partial charge >= 0.3 is 0 Å². The zero-order valence-electron chi connectivity index (χ0n) is 7.84. The molecule has 0 saturated carbocycles. The number of amides is 1. The molecule has 1 amide bonds. The molecule has 72 valence electrons. The summed E-state index contributed by atoms with van der Waals surface area (Å²) in [4.78, 5) is 10.6. The molecule has 0 aromatic rings. The second kappa shape index (κ2) is 5.97. The van der Waals surface area contributed by atoms with Crippen molar-refractivity contribution in [2.75, 3.05) is 6.54 Å². The standard InChI is InChI=1S/C8H19N3O/c1-6(8(10)12)4-3-5-11-7(2)9/h6-7,11H,3-5,9H2,1-2H3,(H2,10,12). The van der Waals surface area contributed by atoms with Crippen molar-refractivity contribution in [1.29, 1.82) is 0 Å². The third kappa shape index (κ3) is 6.12. The molecule has 0 aromatic heterocycles. The zero-order valence-corrected chi connectivity index (χ0v) is 7.84. The monoisotopic (exact) mass is 173 g/mol. The van der Waals surface area contributed by atoms with Crippen LogP contribution in [0.25, 0.3) is 0 Å². The third-order valence-electron chi connectivity index (χ3n) is 1.77. The summed E-state index contributed by atoms with van der Waals surface area (Å²) in [6, 6.07) is 0. The minimum atomic E-state index is -0.226. The lowest BCUT2D eigenvalue weighted by Gasteiger charge is -2.09. The number of carbonyl (C=O) groups is 1. The lowest BCUT2D eigenvalue weighted by Crippen LogP contribution is -2.35. The van der Waals surface area contributed by atoms with Crippen LogP contribution in [-0.4, -0.2) is 18.6 Å². The van der Waals surface area contributed by atoms with Crippen molar-refractivity contribution in [2.24, 2.45) is 17.4 Å². The molecule has 0 aliphatic carbocycles. The largest absolute Gasteiger partial charge is 0.369 e. The molecule has 0 radical (unpaired) electrons. The van der Waals surface area contributed by atoms with Crippen LogP contribution >= 0.6 is 0 Å². The second-order valence-corrected chi connectivity index (χ2v) is 3.19. The van der Waals surface area contributed by atoms with E-state index < -0.39 is 0 Å². The van der Waals surface area contributed by atoms with Gasteiger partial charge in [0.1, 0.15) is 0 Å². The Morgan fingerprint density at radius 3 is 2.50 bits per heavy atom. The van der Waals surface area contributed by atoms with Crippen molar-refractivity contribution in [3.05, 3.63) is 0 Å². The van der Waals surface area contributed by atoms with Gasteiger partial charge in [0.2, 0.25) is 5.91 Å². The van der Waals surface area contributed by atoms with Gasteiger partial charge in [-0.25, -0.2) is 0 Å². The van der Waals surface area contributed by atoms with Crippen LogP contribution < -0.4 is 16.8 Å². The van der Waals surface area contributed by atoms with Crippen molar-refractivity contribution >= 4 is 5.91 Å². The van der Waals surface area contributed by atoms with Crippen molar-refractivity contribution in [3.63, 3.8) is 0 Å². The number of hydrogen-bond acceptors (Lipinski definition) is 3. The van der Waals surface area contributed by atoms with E-state index in [9.17, 15) is 4.79 Å². The van der Waals surface area contributed by atoms with Gasteiger partial charge in [0.05, 0.1) is 6.17 Å². The predicted molar refractivity (Wildman–Crippen MR) is 49.2 cm³/mol. The molecule has 0 aromatic carbocycles. The van der Waals surface area contributed by atoms with Gasteiger partial charge in [0.15, 0.2) is 0 Å². The zero-order chi connectivity index (χ0) is 9.56. The molecule has 0 aliphatic heterocycles. The Labute approximate surface area is 73.7 Å². The van der Waals surface area contributed by atoms with Crippen LogP contribution in [0, 0.1) is 5.92 Å². The normalized spacial score (nSPS) is 15.6. The molecular weight excluding hydrogens is 154 g/mol. The summed E-state index contributed by atoms with van der Waals surface area (Å²) in [5, 5.41) is 3.07. The third-order valence-corrected chi connectivity index (χ3v) is 1.77. The summed E-state index contributed by atoms with van der Waals surface area (Å²) in [6.45, 7) is 4.57.